The van der Waals surface area contributed by atoms with Gasteiger partial charge in [-0.25, -0.2) is 23.1 Å². The molecular formula is C29H28F2N8O2S. The molecule has 3 aromatic heterocycles. The highest BCUT2D eigenvalue weighted by Gasteiger charge is 2.54. The lowest BCUT2D eigenvalue weighted by molar-refractivity contribution is -0.0330. The van der Waals surface area contributed by atoms with E-state index in [1.54, 1.807) is 39.9 Å². The number of likely N-dealkylation sites (tertiary alicyclic amines) is 2. The Balaban J connectivity index is 1.18. The van der Waals surface area contributed by atoms with Crippen molar-refractivity contribution in [2.75, 3.05) is 56.1 Å². The molecule has 0 unspecified atom stereocenters. The van der Waals surface area contributed by atoms with E-state index in [-0.39, 0.29) is 23.4 Å². The lowest BCUT2D eigenvalue weighted by Crippen LogP contribution is -2.75. The molecule has 3 saturated heterocycles. The fourth-order valence-corrected chi connectivity index (χ4v) is 6.99. The van der Waals surface area contributed by atoms with Crippen LogP contribution < -0.4 is 9.80 Å². The largest absolute Gasteiger partial charge is 0.389 e. The molecule has 3 aliphatic rings. The van der Waals surface area contributed by atoms with Crippen LogP contribution in [0, 0.1) is 28.4 Å². The maximum absolute atomic E-state index is 15.6. The molecular weight excluding hydrogens is 562 g/mol. The number of rotatable bonds is 5. The van der Waals surface area contributed by atoms with Crippen molar-refractivity contribution >= 4 is 39.4 Å². The minimum atomic E-state index is -0.664. The minimum Gasteiger partial charge on any atom is -0.389 e. The molecule has 1 N–H and O–H groups in total. The molecule has 0 bridgehead atoms. The number of urea groups is 1. The number of fused-ring (bicyclic) bond motifs is 1. The Hall–Kier alpha value is -4.28. The van der Waals surface area contributed by atoms with E-state index in [4.69, 9.17) is 6.35 Å². The quantitative estimate of drug-likeness (QED) is 0.376. The molecule has 3 fully saturated rings. The molecule has 42 heavy (non-hydrogen) atoms. The Labute approximate surface area is 246 Å². The van der Waals surface area contributed by atoms with Gasteiger partial charge in [-0.15, -0.1) is 0 Å². The van der Waals surface area contributed by atoms with E-state index in [0.29, 0.717) is 89.5 Å². The molecule has 0 radical (unpaired) electrons. The van der Waals surface area contributed by atoms with Gasteiger partial charge in [0.1, 0.15) is 22.5 Å². The van der Waals surface area contributed by atoms with Crippen molar-refractivity contribution in [2.24, 2.45) is 5.41 Å². The second-order valence-electron chi connectivity index (χ2n) is 11.3. The van der Waals surface area contributed by atoms with Gasteiger partial charge in [0, 0.05) is 44.2 Å². The Bertz CT molecular complexity index is 1800. The van der Waals surface area contributed by atoms with Crippen molar-refractivity contribution in [2.45, 2.75) is 19.4 Å². The Morgan fingerprint density at radius 1 is 1.24 bits per heavy atom. The average molecular weight is 592 g/mol. The number of anilines is 3. The van der Waals surface area contributed by atoms with Gasteiger partial charge in [-0.1, -0.05) is 18.3 Å². The maximum atomic E-state index is 15.6. The Morgan fingerprint density at radius 2 is 1.95 bits per heavy atom. The molecule has 3 aliphatic heterocycles. The van der Waals surface area contributed by atoms with Gasteiger partial charge in [-0.2, -0.15) is 10.4 Å². The second kappa shape index (κ2) is 9.64. The zero-order valence-corrected chi connectivity index (χ0v) is 23.8. The van der Waals surface area contributed by atoms with Crippen LogP contribution in [0.1, 0.15) is 18.9 Å². The number of carbonyl (C=O) groups excluding carboxylic acids is 1. The van der Waals surface area contributed by atoms with E-state index in [2.05, 4.69) is 11.2 Å². The van der Waals surface area contributed by atoms with Gasteiger partial charge in [0.05, 0.1) is 49.3 Å². The van der Waals surface area contributed by atoms with E-state index in [1.807, 2.05) is 11.8 Å². The zero-order valence-electron chi connectivity index (χ0n) is 24.0. The van der Waals surface area contributed by atoms with E-state index in [9.17, 15) is 19.6 Å². The van der Waals surface area contributed by atoms with Crippen LogP contribution in [0.25, 0.3) is 16.8 Å². The third-order valence-corrected chi connectivity index (χ3v) is 9.35. The minimum absolute atomic E-state index is 0.0706. The van der Waals surface area contributed by atoms with Gasteiger partial charge in [0.15, 0.2) is 10.9 Å². The molecule has 1 aromatic carbocycles. The third-order valence-electron chi connectivity index (χ3n) is 8.31. The van der Waals surface area contributed by atoms with Crippen LogP contribution in [0.15, 0.2) is 36.5 Å². The van der Waals surface area contributed by atoms with Crippen molar-refractivity contribution < 1.29 is 20.1 Å². The number of nitrogens with zero attached hydrogens (tertiary/aromatic N) is 8. The predicted molar refractivity (Wildman–Crippen MR) is 154 cm³/mol. The summed E-state index contributed by atoms with van der Waals surface area (Å²) in [7, 11) is 1.80. The number of aliphatic hydroxyl groups excluding tert-OH is 1. The van der Waals surface area contributed by atoms with Crippen molar-refractivity contribution in [1.82, 2.24) is 24.4 Å². The van der Waals surface area contributed by atoms with Gasteiger partial charge < -0.3 is 24.7 Å². The summed E-state index contributed by atoms with van der Waals surface area (Å²) in [4.78, 5) is 24.7. The monoisotopic (exact) mass is 591 g/mol. The summed E-state index contributed by atoms with van der Waals surface area (Å²) in [5, 5.41) is 24.4. The van der Waals surface area contributed by atoms with Crippen molar-refractivity contribution in [1.29, 1.82) is 5.26 Å². The third kappa shape index (κ3) is 4.16. The van der Waals surface area contributed by atoms with Gasteiger partial charge in [0.25, 0.3) is 0 Å². The molecule has 4 aromatic rings. The lowest BCUT2D eigenvalue weighted by Gasteiger charge is -2.61. The highest BCUT2D eigenvalue weighted by molar-refractivity contribution is 7.16. The molecule has 1 spiro atoms. The van der Waals surface area contributed by atoms with Crippen LogP contribution in [-0.4, -0.2) is 88.0 Å². The summed E-state index contributed by atoms with van der Waals surface area (Å²) in [6.07, 6.45) is -0.283. The molecule has 6 heterocycles. The van der Waals surface area contributed by atoms with Crippen LogP contribution in [0.5, 0.6) is 0 Å². The fourth-order valence-electron chi connectivity index (χ4n) is 6.13. The van der Waals surface area contributed by atoms with Crippen LogP contribution in [-0.2, 0) is 6.42 Å². The first-order valence-corrected chi connectivity index (χ1v) is 14.5. The highest BCUT2D eigenvalue weighted by Crippen LogP contribution is 2.45. The highest BCUT2D eigenvalue weighted by atomic mass is 32.1. The topological polar surface area (TPSA) is 104 Å². The zero-order chi connectivity index (χ0) is 30.2. The number of nitriles is 1. The average Bonchev–Trinajstić information content (AvgIpc) is 3.54. The number of aryl methyl sites for hydroxylation is 1. The van der Waals surface area contributed by atoms with Crippen molar-refractivity contribution in [3.8, 4) is 17.3 Å². The van der Waals surface area contributed by atoms with E-state index in [0.717, 1.165) is 0 Å². The number of hydrogen-bond donors (Lipinski definition) is 1. The Morgan fingerprint density at radius 3 is 2.60 bits per heavy atom. The standard InChI is InChI=1S/C29H28F2N8O2S/c1-3-21-26(35(2)27-33-25(24(9-32)42-27)17-4-6-18(30)7-5-17)23-8-22(20(31)12-39(23)34-21)37-13-29(14-37)15-38(16-29)28(41)36-10-19(40)11-36/h4-8,12,19,40H,3,10-11,13-16H2,1-2H3/i12D. The second-order valence-corrected chi connectivity index (χ2v) is 12.3. The molecule has 0 saturated carbocycles. The number of benzene rings is 1. The number of thiazole rings is 1. The first-order valence-electron chi connectivity index (χ1n) is 14.2. The van der Waals surface area contributed by atoms with Crippen LogP contribution in [0.2, 0.25) is 0 Å². The summed E-state index contributed by atoms with van der Waals surface area (Å²) < 4.78 is 39.0. The first-order chi connectivity index (χ1) is 20.6. The molecule has 2 amide bonds. The number of aromatic nitrogens is 3. The van der Waals surface area contributed by atoms with Gasteiger partial charge >= 0.3 is 6.03 Å². The van der Waals surface area contributed by atoms with Crippen LogP contribution in [0.4, 0.5) is 30.1 Å². The summed E-state index contributed by atoms with van der Waals surface area (Å²) >= 11 is 1.19. The number of β-amino-alcohol motifs (C(OH)–C–C–N with tert-alkyl or cyclic N) is 1. The van der Waals surface area contributed by atoms with Crippen LogP contribution in [0.3, 0.4) is 0 Å². The summed E-state index contributed by atoms with van der Waals surface area (Å²) in [5.41, 5.74) is 3.11. The van der Waals surface area contributed by atoms with E-state index >= 15 is 4.39 Å². The molecule has 0 atom stereocenters. The molecule has 10 nitrogen and oxygen atoms in total. The smallest absolute Gasteiger partial charge is 0.320 e. The number of halogens is 2. The number of carbonyl (C=O) groups is 1. The van der Waals surface area contributed by atoms with Crippen LogP contribution >= 0.6 is 11.3 Å². The van der Waals surface area contributed by atoms with E-state index < -0.39 is 11.9 Å². The summed E-state index contributed by atoms with van der Waals surface area (Å²) in [6.45, 7) is 4.93. The molecule has 216 valence electrons. The molecule has 0 aliphatic carbocycles. The normalized spacial score (nSPS) is 18.0. The number of amides is 2. The van der Waals surface area contributed by atoms with E-state index in [1.165, 1.54) is 28.0 Å². The SMILES string of the molecule is [2H]c1c(F)c(N2CC3(CN(C(=O)N4CC(O)C4)C3)C2)cc2c(N(C)c3nc(-c4ccc(F)cc4)c(C#N)s3)c(CC)nn12. The van der Waals surface area contributed by atoms with Crippen molar-refractivity contribution in [3.63, 3.8) is 0 Å². The first kappa shape index (κ1) is 25.4. The van der Waals surface area contributed by atoms with Gasteiger partial charge in [-0.05, 0) is 36.8 Å². The number of hydrogen-bond acceptors (Lipinski definition) is 8. The molecule has 7 rings (SSSR count). The number of pyridine rings is 1. The fraction of sp³-hybridized carbons (Fsp3) is 0.379. The van der Waals surface area contributed by atoms with Crippen molar-refractivity contribution in [3.05, 3.63) is 58.7 Å². The maximum Gasteiger partial charge on any atom is 0.320 e. The lowest BCUT2D eigenvalue weighted by atomic mass is 9.72. The summed E-state index contributed by atoms with van der Waals surface area (Å²) in [5.74, 6) is -1.05. The number of aliphatic hydroxyl groups is 1. The van der Waals surface area contributed by atoms with Gasteiger partial charge in [0.2, 0.25) is 0 Å². The Kier molecular flexibility index (Phi) is 5.84. The van der Waals surface area contributed by atoms with Gasteiger partial charge in [-0.3, -0.25) is 0 Å². The predicted octanol–water partition coefficient (Wildman–Crippen LogP) is 3.86. The molecule has 13 heteroatoms. The summed E-state index contributed by atoms with van der Waals surface area (Å²) in [6, 6.07) is 9.62.